The standard InChI is InChI=1S/C9H19NO6/c1-3-16-9(15)10-5(2)7(13)8(14)6(12)4-11/h5-8,11-14H,3-4H2,1-2H3,(H,10,15). The first-order valence-corrected chi connectivity index (χ1v) is 5.02. The maximum atomic E-state index is 11.0. The summed E-state index contributed by atoms with van der Waals surface area (Å²) in [5.41, 5.74) is 0. The number of alkyl carbamates (subject to hydrolysis) is 1. The van der Waals surface area contributed by atoms with Gasteiger partial charge in [0.15, 0.2) is 0 Å². The quantitative estimate of drug-likeness (QED) is 0.372. The molecule has 0 aromatic carbocycles. The number of aliphatic hydroxyl groups excluding tert-OH is 4. The molecule has 0 fully saturated rings. The van der Waals surface area contributed by atoms with Gasteiger partial charge in [0.2, 0.25) is 0 Å². The molecule has 0 rings (SSSR count). The van der Waals surface area contributed by atoms with Gasteiger partial charge in [-0.3, -0.25) is 0 Å². The van der Waals surface area contributed by atoms with Crippen molar-refractivity contribution in [2.45, 2.75) is 38.2 Å². The molecule has 0 heterocycles. The van der Waals surface area contributed by atoms with Gasteiger partial charge in [0.05, 0.1) is 19.3 Å². The summed E-state index contributed by atoms with van der Waals surface area (Å²) >= 11 is 0. The molecule has 0 aromatic rings. The Morgan fingerprint density at radius 2 is 1.88 bits per heavy atom. The van der Waals surface area contributed by atoms with E-state index in [4.69, 9.17) is 10.2 Å². The minimum absolute atomic E-state index is 0.191. The number of nitrogens with one attached hydrogen (secondary N) is 1. The van der Waals surface area contributed by atoms with Crippen molar-refractivity contribution in [1.29, 1.82) is 0 Å². The summed E-state index contributed by atoms with van der Waals surface area (Å²) in [4.78, 5) is 11.0. The van der Waals surface area contributed by atoms with Crippen LogP contribution in [0, 0.1) is 0 Å². The zero-order valence-electron chi connectivity index (χ0n) is 9.33. The van der Waals surface area contributed by atoms with E-state index in [-0.39, 0.29) is 6.61 Å². The van der Waals surface area contributed by atoms with Crippen LogP contribution < -0.4 is 5.32 Å². The number of hydrogen-bond donors (Lipinski definition) is 5. The van der Waals surface area contributed by atoms with Crippen LogP contribution in [0.5, 0.6) is 0 Å². The second-order valence-corrected chi connectivity index (χ2v) is 3.38. The minimum atomic E-state index is -1.54. The Labute approximate surface area is 93.7 Å². The fourth-order valence-electron chi connectivity index (χ4n) is 1.08. The van der Waals surface area contributed by atoms with Crippen molar-refractivity contribution in [3.8, 4) is 0 Å². The summed E-state index contributed by atoms with van der Waals surface area (Å²) in [6.07, 6.45) is -5.12. The summed E-state index contributed by atoms with van der Waals surface area (Å²) < 4.78 is 4.57. The van der Waals surface area contributed by atoms with E-state index in [2.05, 4.69) is 10.1 Å². The van der Waals surface area contributed by atoms with Gasteiger partial charge in [-0.2, -0.15) is 0 Å². The lowest BCUT2D eigenvalue weighted by molar-refractivity contribution is -0.0845. The molecule has 16 heavy (non-hydrogen) atoms. The van der Waals surface area contributed by atoms with E-state index in [1.54, 1.807) is 6.92 Å². The second kappa shape index (κ2) is 7.39. The number of carbonyl (C=O) groups is 1. The first-order chi connectivity index (χ1) is 7.43. The van der Waals surface area contributed by atoms with Crippen LogP contribution >= 0.6 is 0 Å². The Hall–Kier alpha value is -0.890. The van der Waals surface area contributed by atoms with Crippen molar-refractivity contribution in [2.24, 2.45) is 0 Å². The molecule has 96 valence electrons. The third-order valence-electron chi connectivity index (χ3n) is 2.06. The average molecular weight is 237 g/mol. The van der Waals surface area contributed by atoms with Crippen molar-refractivity contribution >= 4 is 6.09 Å². The molecule has 0 spiro atoms. The van der Waals surface area contributed by atoms with Crippen molar-refractivity contribution < 1.29 is 30.0 Å². The van der Waals surface area contributed by atoms with Crippen LogP contribution in [-0.4, -0.2) is 64.1 Å². The molecule has 0 aliphatic heterocycles. The number of hydrogen-bond acceptors (Lipinski definition) is 6. The van der Waals surface area contributed by atoms with Crippen LogP contribution in [0.3, 0.4) is 0 Å². The third-order valence-corrected chi connectivity index (χ3v) is 2.06. The van der Waals surface area contributed by atoms with Gasteiger partial charge >= 0.3 is 6.09 Å². The van der Waals surface area contributed by atoms with E-state index >= 15 is 0 Å². The molecule has 0 saturated carbocycles. The first kappa shape index (κ1) is 15.1. The van der Waals surface area contributed by atoms with Crippen LogP contribution in [0.1, 0.15) is 13.8 Å². The van der Waals surface area contributed by atoms with Gasteiger partial charge in [0.25, 0.3) is 0 Å². The highest BCUT2D eigenvalue weighted by atomic mass is 16.5. The van der Waals surface area contributed by atoms with E-state index in [1.165, 1.54) is 6.92 Å². The van der Waals surface area contributed by atoms with Gasteiger partial charge in [-0.25, -0.2) is 4.79 Å². The Bertz CT molecular complexity index is 212. The Balaban J connectivity index is 4.16. The fraction of sp³-hybridized carbons (Fsp3) is 0.889. The lowest BCUT2D eigenvalue weighted by Gasteiger charge is -2.26. The molecule has 0 aliphatic rings. The van der Waals surface area contributed by atoms with Crippen molar-refractivity contribution in [1.82, 2.24) is 5.32 Å². The Morgan fingerprint density at radius 3 is 2.31 bits per heavy atom. The molecule has 0 aliphatic carbocycles. The summed E-state index contributed by atoms with van der Waals surface area (Å²) in [5.74, 6) is 0. The van der Waals surface area contributed by atoms with E-state index in [9.17, 15) is 15.0 Å². The SMILES string of the molecule is CCOC(=O)NC(C)C(O)C(O)C(O)CO. The molecule has 0 radical (unpaired) electrons. The molecular formula is C9H19NO6. The van der Waals surface area contributed by atoms with Gasteiger partial charge in [-0.1, -0.05) is 0 Å². The smallest absolute Gasteiger partial charge is 0.407 e. The largest absolute Gasteiger partial charge is 0.450 e. The molecule has 0 bridgehead atoms. The molecule has 0 aromatic heterocycles. The van der Waals surface area contributed by atoms with Gasteiger partial charge in [0, 0.05) is 0 Å². The fourth-order valence-corrected chi connectivity index (χ4v) is 1.08. The lowest BCUT2D eigenvalue weighted by atomic mass is 10.0. The van der Waals surface area contributed by atoms with Gasteiger partial charge < -0.3 is 30.5 Å². The highest BCUT2D eigenvalue weighted by molar-refractivity contribution is 5.67. The molecule has 1 amide bonds. The molecule has 5 N–H and O–H groups in total. The molecule has 0 saturated heterocycles. The Morgan fingerprint density at radius 1 is 1.31 bits per heavy atom. The Kier molecular flexibility index (Phi) is 6.98. The van der Waals surface area contributed by atoms with E-state index in [1.807, 2.05) is 0 Å². The average Bonchev–Trinajstić information content (AvgIpc) is 2.26. The van der Waals surface area contributed by atoms with Crippen molar-refractivity contribution in [3.63, 3.8) is 0 Å². The van der Waals surface area contributed by atoms with Gasteiger partial charge in [-0.05, 0) is 13.8 Å². The predicted octanol–water partition coefficient (Wildman–Crippen LogP) is -1.80. The van der Waals surface area contributed by atoms with Crippen molar-refractivity contribution in [2.75, 3.05) is 13.2 Å². The third kappa shape index (κ3) is 4.75. The molecule has 4 unspecified atom stereocenters. The summed E-state index contributed by atoms with van der Waals surface area (Å²) in [7, 11) is 0. The topological polar surface area (TPSA) is 119 Å². The van der Waals surface area contributed by atoms with Gasteiger partial charge in [0.1, 0.15) is 18.3 Å². The zero-order chi connectivity index (χ0) is 12.7. The number of ether oxygens (including phenoxy) is 1. The van der Waals surface area contributed by atoms with Crippen LogP contribution in [0.15, 0.2) is 0 Å². The van der Waals surface area contributed by atoms with E-state index < -0.39 is 37.1 Å². The maximum Gasteiger partial charge on any atom is 0.407 e. The highest BCUT2D eigenvalue weighted by Crippen LogP contribution is 2.04. The summed E-state index contributed by atoms with van der Waals surface area (Å²) in [6.45, 7) is 2.58. The first-order valence-electron chi connectivity index (χ1n) is 5.02. The van der Waals surface area contributed by atoms with Crippen LogP contribution in [-0.2, 0) is 4.74 Å². The number of amides is 1. The maximum absolute atomic E-state index is 11.0. The monoisotopic (exact) mass is 237 g/mol. The van der Waals surface area contributed by atoms with Crippen molar-refractivity contribution in [3.05, 3.63) is 0 Å². The van der Waals surface area contributed by atoms with E-state index in [0.717, 1.165) is 0 Å². The summed E-state index contributed by atoms with van der Waals surface area (Å²) in [6, 6.07) is -0.810. The molecule has 4 atom stereocenters. The predicted molar refractivity (Wildman–Crippen MR) is 54.7 cm³/mol. The number of carbonyl (C=O) groups excluding carboxylic acids is 1. The second-order valence-electron chi connectivity index (χ2n) is 3.38. The van der Waals surface area contributed by atoms with E-state index in [0.29, 0.717) is 0 Å². The zero-order valence-corrected chi connectivity index (χ0v) is 9.33. The highest BCUT2D eigenvalue weighted by Gasteiger charge is 2.29. The van der Waals surface area contributed by atoms with Crippen LogP contribution in [0.25, 0.3) is 0 Å². The summed E-state index contributed by atoms with van der Waals surface area (Å²) in [5, 5.41) is 38.8. The molecule has 7 nitrogen and oxygen atoms in total. The number of rotatable bonds is 6. The molecule has 7 heteroatoms. The van der Waals surface area contributed by atoms with Gasteiger partial charge in [-0.15, -0.1) is 0 Å². The van der Waals surface area contributed by atoms with Crippen LogP contribution in [0.2, 0.25) is 0 Å². The normalized spacial score (nSPS) is 18.4. The molecular weight excluding hydrogens is 218 g/mol. The lowest BCUT2D eigenvalue weighted by Crippen LogP contribution is -2.51. The number of aliphatic hydroxyl groups is 4. The minimum Gasteiger partial charge on any atom is -0.450 e. The van der Waals surface area contributed by atoms with Crippen LogP contribution in [0.4, 0.5) is 4.79 Å².